The van der Waals surface area contributed by atoms with Crippen LogP contribution in [0.25, 0.3) is 0 Å². The molecule has 2 rings (SSSR count). The fourth-order valence-electron chi connectivity index (χ4n) is 1.92. The molecule has 0 fully saturated rings. The molecule has 0 unspecified atom stereocenters. The molecule has 0 heterocycles. The van der Waals surface area contributed by atoms with Gasteiger partial charge in [-0.2, -0.15) is 5.10 Å². The van der Waals surface area contributed by atoms with Gasteiger partial charge in [0.1, 0.15) is 5.82 Å². The van der Waals surface area contributed by atoms with Gasteiger partial charge in [-0.25, -0.2) is 0 Å². The highest BCUT2D eigenvalue weighted by atomic mass is 79.9. The molecule has 0 aliphatic heterocycles. The number of rotatable bonds is 5. The first kappa shape index (κ1) is 15.3. The Labute approximate surface area is 133 Å². The van der Waals surface area contributed by atoms with Gasteiger partial charge in [0.25, 0.3) is 0 Å². The van der Waals surface area contributed by atoms with Crippen LogP contribution in [-0.4, -0.2) is 6.21 Å². The highest BCUT2D eigenvalue weighted by molar-refractivity contribution is 9.10. The van der Waals surface area contributed by atoms with Crippen molar-refractivity contribution in [2.75, 3.05) is 5.32 Å². The van der Waals surface area contributed by atoms with Crippen molar-refractivity contribution in [3.8, 4) is 0 Å². The van der Waals surface area contributed by atoms with Crippen molar-refractivity contribution >= 4 is 27.8 Å². The van der Waals surface area contributed by atoms with Gasteiger partial charge in [0, 0.05) is 10.2 Å². The summed E-state index contributed by atoms with van der Waals surface area (Å²) in [6, 6.07) is 14.1. The summed E-state index contributed by atoms with van der Waals surface area (Å²) in [6.07, 6.45) is 1.75. The van der Waals surface area contributed by atoms with Crippen LogP contribution in [0.3, 0.4) is 0 Å². The normalized spacial score (nSPS) is 10.6. The lowest BCUT2D eigenvalue weighted by atomic mass is 10.1. The fourth-order valence-corrected chi connectivity index (χ4v) is 2.19. The number of benzene rings is 2. The molecule has 0 atom stereocenters. The van der Waals surface area contributed by atoms with E-state index in [2.05, 4.69) is 64.3 Å². The Balaban J connectivity index is 1.95. The van der Waals surface area contributed by atoms with Crippen molar-refractivity contribution in [2.45, 2.75) is 13.8 Å². The second-order valence-corrected chi connectivity index (χ2v) is 5.71. The molecule has 0 aliphatic rings. The number of nitrogens with zero attached hydrogens (tertiary/aromatic N) is 1. The second kappa shape index (κ2) is 7.09. The van der Waals surface area contributed by atoms with Crippen molar-refractivity contribution in [1.82, 2.24) is 5.43 Å². The minimum absolute atomic E-state index is 0.640. The van der Waals surface area contributed by atoms with Crippen LogP contribution in [0.2, 0.25) is 0 Å². The minimum atomic E-state index is 0.640. The van der Waals surface area contributed by atoms with Gasteiger partial charge in [0.05, 0.1) is 6.21 Å². The van der Waals surface area contributed by atoms with Gasteiger partial charge in [0.15, 0.2) is 0 Å². The zero-order valence-corrected chi connectivity index (χ0v) is 13.7. The summed E-state index contributed by atoms with van der Waals surface area (Å²) >= 11 is 3.40. The monoisotopic (exact) mass is 343 g/mol. The van der Waals surface area contributed by atoms with Crippen molar-refractivity contribution in [3.05, 3.63) is 76.0 Å². The molecule has 0 radical (unpaired) electrons. The van der Waals surface area contributed by atoms with Crippen molar-refractivity contribution in [3.63, 3.8) is 0 Å². The summed E-state index contributed by atoms with van der Waals surface area (Å²) in [7, 11) is 0. The molecule has 2 aromatic carbocycles. The molecular weight excluding hydrogens is 326 g/mol. The predicted octanol–water partition coefficient (Wildman–Crippen LogP) is 4.57. The summed E-state index contributed by atoms with van der Waals surface area (Å²) in [5.41, 5.74) is 7.34. The molecular formula is C17H18BrN3. The lowest BCUT2D eigenvalue weighted by Gasteiger charge is -2.13. The van der Waals surface area contributed by atoms with Crippen LogP contribution in [-0.2, 0) is 0 Å². The summed E-state index contributed by atoms with van der Waals surface area (Å²) in [6.45, 7) is 8.06. The average molecular weight is 344 g/mol. The fraction of sp³-hybridized carbons (Fsp3) is 0.118. The molecule has 0 bridgehead atoms. The Bertz CT molecular complexity index is 640. The van der Waals surface area contributed by atoms with Crippen LogP contribution in [0.5, 0.6) is 0 Å². The van der Waals surface area contributed by atoms with Crippen molar-refractivity contribution < 1.29 is 0 Å². The molecule has 0 saturated carbocycles. The third-order valence-corrected chi connectivity index (χ3v) is 3.57. The maximum Gasteiger partial charge on any atom is 0.116 e. The van der Waals surface area contributed by atoms with Crippen LogP contribution in [0, 0.1) is 13.8 Å². The second-order valence-electron chi connectivity index (χ2n) is 4.79. The SMILES string of the molecule is C=C(N/N=C/c1ccc(Br)cc1)Nc1c(C)cccc1C. The van der Waals surface area contributed by atoms with Crippen LogP contribution in [0.4, 0.5) is 5.69 Å². The molecule has 0 saturated heterocycles. The number of para-hydroxylation sites is 1. The number of halogens is 1. The zero-order chi connectivity index (χ0) is 15.2. The molecule has 4 heteroatoms. The smallest absolute Gasteiger partial charge is 0.116 e. The third kappa shape index (κ3) is 4.46. The van der Waals surface area contributed by atoms with Gasteiger partial charge in [-0.15, -0.1) is 0 Å². The molecule has 2 aromatic rings. The molecule has 0 aromatic heterocycles. The van der Waals surface area contributed by atoms with Gasteiger partial charge in [-0.05, 0) is 42.7 Å². The lowest BCUT2D eigenvalue weighted by molar-refractivity contribution is 0.903. The number of hydrogen-bond acceptors (Lipinski definition) is 3. The number of hydrazone groups is 1. The first-order valence-corrected chi connectivity index (χ1v) is 7.42. The highest BCUT2D eigenvalue weighted by Gasteiger charge is 2.02. The standard InChI is InChI=1S/C17H18BrN3/c1-12-5-4-6-13(2)17(12)20-14(3)21-19-11-15-7-9-16(18)10-8-15/h4-11,20-21H,3H2,1-2H3/b19-11+. The van der Waals surface area contributed by atoms with Gasteiger partial charge in [-0.1, -0.05) is 52.8 Å². The topological polar surface area (TPSA) is 36.4 Å². The van der Waals surface area contributed by atoms with E-state index in [-0.39, 0.29) is 0 Å². The minimum Gasteiger partial charge on any atom is -0.341 e. The van der Waals surface area contributed by atoms with E-state index in [9.17, 15) is 0 Å². The molecule has 2 N–H and O–H groups in total. The summed E-state index contributed by atoms with van der Waals surface area (Å²) < 4.78 is 1.05. The van der Waals surface area contributed by atoms with Crippen LogP contribution < -0.4 is 10.7 Å². The summed E-state index contributed by atoms with van der Waals surface area (Å²) in [5.74, 6) is 0.640. The van der Waals surface area contributed by atoms with Gasteiger partial charge in [-0.3, -0.25) is 5.43 Å². The Hall–Kier alpha value is -2.07. The highest BCUT2D eigenvalue weighted by Crippen LogP contribution is 2.20. The summed E-state index contributed by atoms with van der Waals surface area (Å²) in [4.78, 5) is 0. The van der Waals surface area contributed by atoms with E-state index in [0.717, 1.165) is 15.7 Å². The Morgan fingerprint density at radius 1 is 1.10 bits per heavy atom. The van der Waals surface area contributed by atoms with Gasteiger partial charge < -0.3 is 5.32 Å². The summed E-state index contributed by atoms with van der Waals surface area (Å²) in [5, 5.41) is 7.42. The zero-order valence-electron chi connectivity index (χ0n) is 12.2. The van der Waals surface area contributed by atoms with E-state index in [1.54, 1.807) is 6.21 Å². The Morgan fingerprint density at radius 2 is 1.71 bits per heavy atom. The molecule has 21 heavy (non-hydrogen) atoms. The molecule has 0 aliphatic carbocycles. The van der Waals surface area contributed by atoms with Gasteiger partial charge in [0.2, 0.25) is 0 Å². The molecule has 0 amide bonds. The van der Waals surface area contributed by atoms with Crippen molar-refractivity contribution in [2.24, 2.45) is 5.10 Å². The Kier molecular flexibility index (Phi) is 5.17. The molecule has 108 valence electrons. The average Bonchev–Trinajstić information content (AvgIpc) is 2.45. The van der Waals surface area contributed by atoms with Crippen LogP contribution >= 0.6 is 15.9 Å². The van der Waals surface area contributed by atoms with E-state index in [1.165, 1.54) is 11.1 Å². The third-order valence-electron chi connectivity index (χ3n) is 3.04. The van der Waals surface area contributed by atoms with E-state index in [0.29, 0.717) is 5.82 Å². The predicted molar refractivity (Wildman–Crippen MR) is 93.6 cm³/mol. The number of hydrogen-bond donors (Lipinski definition) is 2. The first-order chi connectivity index (χ1) is 10.1. The quantitative estimate of drug-likeness (QED) is 0.616. The van der Waals surface area contributed by atoms with Crippen LogP contribution in [0.1, 0.15) is 16.7 Å². The van der Waals surface area contributed by atoms with E-state index in [4.69, 9.17) is 0 Å². The molecule has 3 nitrogen and oxygen atoms in total. The number of aryl methyl sites for hydroxylation is 2. The van der Waals surface area contributed by atoms with E-state index >= 15 is 0 Å². The number of nitrogens with one attached hydrogen (secondary N) is 2. The van der Waals surface area contributed by atoms with Crippen LogP contribution in [0.15, 0.2) is 64.4 Å². The number of anilines is 1. The maximum atomic E-state index is 4.17. The Morgan fingerprint density at radius 3 is 2.33 bits per heavy atom. The first-order valence-electron chi connectivity index (χ1n) is 6.63. The van der Waals surface area contributed by atoms with Crippen molar-refractivity contribution in [1.29, 1.82) is 0 Å². The van der Waals surface area contributed by atoms with E-state index in [1.807, 2.05) is 30.3 Å². The lowest BCUT2D eigenvalue weighted by Crippen LogP contribution is -2.14. The van der Waals surface area contributed by atoms with E-state index < -0.39 is 0 Å². The molecule has 0 spiro atoms. The largest absolute Gasteiger partial charge is 0.341 e. The maximum absolute atomic E-state index is 4.17. The van der Waals surface area contributed by atoms with Gasteiger partial charge >= 0.3 is 0 Å².